The number of carbonyl (C=O) groups is 2. The second-order valence-electron chi connectivity index (χ2n) is 7.66. The molecular weight excluding hydrogens is 440 g/mol. The monoisotopic (exact) mass is 466 g/mol. The number of methoxy groups -OCH3 is 1. The largest absolute Gasteiger partial charge is 0.380 e. The van der Waals surface area contributed by atoms with Crippen LogP contribution in [0.15, 0.2) is 72.8 Å². The van der Waals surface area contributed by atoms with Crippen molar-refractivity contribution in [3.05, 3.63) is 95.1 Å². The van der Waals surface area contributed by atoms with Gasteiger partial charge in [0.1, 0.15) is 0 Å². The SMILES string of the molecule is COCc1cccc(NC(=O)c2ccc(CN(c3cccc(C(C)=O)c3)S(C)(=O)=O)cc2)c1. The molecule has 0 radical (unpaired) electrons. The van der Waals surface area contributed by atoms with Gasteiger partial charge in [-0.25, -0.2) is 8.42 Å². The zero-order chi connectivity index (χ0) is 24.0. The highest BCUT2D eigenvalue weighted by molar-refractivity contribution is 7.92. The van der Waals surface area contributed by atoms with Crippen LogP contribution in [0.25, 0.3) is 0 Å². The number of carbonyl (C=O) groups excluding carboxylic acids is 2. The number of nitrogens with one attached hydrogen (secondary N) is 1. The zero-order valence-electron chi connectivity index (χ0n) is 18.7. The van der Waals surface area contributed by atoms with Gasteiger partial charge in [0.05, 0.1) is 25.1 Å². The van der Waals surface area contributed by atoms with E-state index in [4.69, 9.17) is 4.74 Å². The summed E-state index contributed by atoms with van der Waals surface area (Å²) in [5, 5.41) is 2.85. The van der Waals surface area contributed by atoms with Crippen LogP contribution in [0, 0.1) is 0 Å². The zero-order valence-corrected chi connectivity index (χ0v) is 19.6. The quantitative estimate of drug-likeness (QED) is 0.476. The molecule has 0 unspecified atom stereocenters. The van der Waals surface area contributed by atoms with E-state index in [-0.39, 0.29) is 18.2 Å². The molecule has 0 aliphatic heterocycles. The predicted octanol–water partition coefficient (Wildman–Crippen LogP) is 4.25. The minimum Gasteiger partial charge on any atom is -0.380 e. The van der Waals surface area contributed by atoms with E-state index in [1.807, 2.05) is 18.2 Å². The lowest BCUT2D eigenvalue weighted by molar-refractivity contribution is 0.101. The summed E-state index contributed by atoms with van der Waals surface area (Å²) < 4.78 is 31.2. The number of ether oxygens (including phenoxy) is 1. The molecule has 172 valence electrons. The summed E-state index contributed by atoms with van der Waals surface area (Å²) in [5.41, 5.74) is 3.59. The van der Waals surface area contributed by atoms with E-state index in [2.05, 4.69) is 5.32 Å². The topological polar surface area (TPSA) is 92.8 Å². The van der Waals surface area contributed by atoms with Crippen LogP contribution in [0.4, 0.5) is 11.4 Å². The maximum Gasteiger partial charge on any atom is 0.255 e. The van der Waals surface area contributed by atoms with Gasteiger partial charge >= 0.3 is 0 Å². The highest BCUT2D eigenvalue weighted by Crippen LogP contribution is 2.23. The van der Waals surface area contributed by atoms with Crippen molar-refractivity contribution in [1.82, 2.24) is 0 Å². The van der Waals surface area contributed by atoms with Gasteiger partial charge in [0, 0.05) is 23.9 Å². The molecule has 0 atom stereocenters. The van der Waals surface area contributed by atoms with Gasteiger partial charge < -0.3 is 10.1 Å². The first kappa shape index (κ1) is 24.2. The van der Waals surface area contributed by atoms with E-state index in [1.54, 1.807) is 61.7 Å². The van der Waals surface area contributed by atoms with Crippen molar-refractivity contribution in [1.29, 1.82) is 0 Å². The van der Waals surface area contributed by atoms with Gasteiger partial charge in [-0.15, -0.1) is 0 Å². The molecule has 0 saturated carbocycles. The maximum absolute atomic E-state index is 12.6. The Morgan fingerprint density at radius 2 is 1.61 bits per heavy atom. The third kappa shape index (κ3) is 6.50. The third-order valence-electron chi connectivity index (χ3n) is 4.98. The van der Waals surface area contributed by atoms with E-state index in [0.29, 0.717) is 34.7 Å². The molecule has 3 aromatic rings. The molecule has 0 aliphatic carbocycles. The molecule has 33 heavy (non-hydrogen) atoms. The van der Waals surface area contributed by atoms with Gasteiger partial charge in [0.25, 0.3) is 5.91 Å². The number of hydrogen-bond acceptors (Lipinski definition) is 5. The Hall–Kier alpha value is -3.49. The van der Waals surface area contributed by atoms with Crippen molar-refractivity contribution in [3.8, 4) is 0 Å². The molecule has 0 bridgehead atoms. The summed E-state index contributed by atoms with van der Waals surface area (Å²) in [6.45, 7) is 1.95. The molecule has 1 amide bonds. The minimum absolute atomic E-state index is 0.0706. The number of sulfonamides is 1. The number of amides is 1. The summed E-state index contributed by atoms with van der Waals surface area (Å²) >= 11 is 0. The van der Waals surface area contributed by atoms with Crippen molar-refractivity contribution in [2.24, 2.45) is 0 Å². The predicted molar refractivity (Wildman–Crippen MR) is 129 cm³/mol. The Balaban J connectivity index is 1.76. The molecule has 0 heterocycles. The van der Waals surface area contributed by atoms with Crippen molar-refractivity contribution in [2.45, 2.75) is 20.1 Å². The average molecular weight is 467 g/mol. The van der Waals surface area contributed by atoms with Gasteiger partial charge in [-0.1, -0.05) is 36.4 Å². The van der Waals surface area contributed by atoms with Crippen LogP contribution in [-0.4, -0.2) is 33.5 Å². The molecule has 3 aromatic carbocycles. The Labute approximate surface area is 194 Å². The van der Waals surface area contributed by atoms with Crippen molar-refractivity contribution in [3.63, 3.8) is 0 Å². The fourth-order valence-corrected chi connectivity index (χ4v) is 4.20. The number of nitrogens with zero attached hydrogens (tertiary/aromatic N) is 1. The van der Waals surface area contributed by atoms with Crippen molar-refractivity contribution in [2.75, 3.05) is 23.0 Å². The molecule has 0 fully saturated rings. The summed E-state index contributed by atoms with van der Waals surface area (Å²) in [7, 11) is -1.99. The van der Waals surface area contributed by atoms with Gasteiger partial charge in [-0.3, -0.25) is 13.9 Å². The van der Waals surface area contributed by atoms with Gasteiger partial charge in [0.15, 0.2) is 5.78 Å². The average Bonchev–Trinajstić information content (AvgIpc) is 2.77. The Morgan fingerprint density at radius 3 is 2.24 bits per heavy atom. The van der Waals surface area contributed by atoms with Crippen LogP contribution in [0.3, 0.4) is 0 Å². The minimum atomic E-state index is -3.60. The standard InChI is InChI=1S/C25H26N2O5S/c1-18(28)22-7-5-9-24(15-22)27(33(3,30)31)16-19-10-12-21(13-11-19)25(29)26-23-8-4-6-20(14-23)17-32-2/h4-15H,16-17H2,1-3H3,(H,26,29). The fraction of sp³-hybridized carbons (Fsp3) is 0.200. The summed E-state index contributed by atoms with van der Waals surface area (Å²) in [5.74, 6) is -0.418. The number of benzene rings is 3. The summed E-state index contributed by atoms with van der Waals surface area (Å²) in [6, 6.07) is 20.6. The lowest BCUT2D eigenvalue weighted by atomic mass is 10.1. The Kier molecular flexibility index (Phi) is 7.63. The second kappa shape index (κ2) is 10.4. The van der Waals surface area contributed by atoms with Crippen molar-refractivity contribution < 1.29 is 22.7 Å². The number of rotatable bonds is 9. The maximum atomic E-state index is 12.6. The Morgan fingerprint density at radius 1 is 0.909 bits per heavy atom. The van der Waals surface area contributed by atoms with Crippen LogP contribution in [-0.2, 0) is 27.9 Å². The molecule has 1 N–H and O–H groups in total. The van der Waals surface area contributed by atoms with Crippen LogP contribution in [0.2, 0.25) is 0 Å². The normalized spacial score (nSPS) is 11.1. The molecular formula is C25H26N2O5S. The van der Waals surface area contributed by atoms with Gasteiger partial charge in [-0.2, -0.15) is 0 Å². The van der Waals surface area contributed by atoms with Gasteiger partial charge in [0.2, 0.25) is 10.0 Å². The molecule has 3 rings (SSSR count). The van der Waals surface area contributed by atoms with Crippen molar-refractivity contribution >= 4 is 33.1 Å². The van der Waals surface area contributed by atoms with E-state index in [0.717, 1.165) is 11.8 Å². The number of hydrogen-bond donors (Lipinski definition) is 1. The van der Waals surface area contributed by atoms with E-state index < -0.39 is 10.0 Å². The van der Waals surface area contributed by atoms with E-state index in [9.17, 15) is 18.0 Å². The van der Waals surface area contributed by atoms with E-state index in [1.165, 1.54) is 11.2 Å². The molecule has 8 heteroatoms. The fourth-order valence-electron chi connectivity index (χ4n) is 3.32. The van der Waals surface area contributed by atoms with Crippen LogP contribution >= 0.6 is 0 Å². The first-order valence-corrected chi connectivity index (χ1v) is 12.1. The third-order valence-corrected chi connectivity index (χ3v) is 6.12. The van der Waals surface area contributed by atoms with Crippen LogP contribution < -0.4 is 9.62 Å². The smallest absolute Gasteiger partial charge is 0.255 e. The molecule has 0 saturated heterocycles. The highest BCUT2D eigenvalue weighted by Gasteiger charge is 2.19. The molecule has 0 aliphatic rings. The lowest BCUT2D eigenvalue weighted by Crippen LogP contribution is -2.29. The summed E-state index contributed by atoms with van der Waals surface area (Å²) in [6.07, 6.45) is 1.12. The second-order valence-corrected chi connectivity index (χ2v) is 9.57. The number of anilines is 2. The Bertz CT molecular complexity index is 1250. The van der Waals surface area contributed by atoms with Gasteiger partial charge in [-0.05, 0) is 54.4 Å². The first-order valence-electron chi connectivity index (χ1n) is 10.2. The first-order chi connectivity index (χ1) is 15.7. The van der Waals surface area contributed by atoms with Crippen LogP contribution in [0.5, 0.6) is 0 Å². The van der Waals surface area contributed by atoms with Crippen LogP contribution in [0.1, 0.15) is 38.8 Å². The lowest BCUT2D eigenvalue weighted by Gasteiger charge is -2.23. The molecule has 7 nitrogen and oxygen atoms in total. The van der Waals surface area contributed by atoms with E-state index >= 15 is 0 Å². The molecule has 0 aromatic heterocycles. The number of ketones is 1. The highest BCUT2D eigenvalue weighted by atomic mass is 32.2. The summed E-state index contributed by atoms with van der Waals surface area (Å²) in [4.78, 5) is 24.3. The number of Topliss-reactive ketones (excluding diaryl/α,β-unsaturated/α-hetero) is 1. The molecule has 0 spiro atoms.